The lowest BCUT2D eigenvalue weighted by Crippen LogP contribution is -2.32. The van der Waals surface area contributed by atoms with Gasteiger partial charge in [-0.25, -0.2) is 4.98 Å². The maximum atomic E-state index is 13.4. The van der Waals surface area contributed by atoms with Crippen molar-refractivity contribution < 1.29 is 4.79 Å². The number of benzene rings is 2. The number of amides is 1. The van der Waals surface area contributed by atoms with Gasteiger partial charge in [0.25, 0.3) is 5.91 Å². The van der Waals surface area contributed by atoms with Crippen LogP contribution in [0.3, 0.4) is 0 Å². The lowest BCUT2D eigenvalue weighted by molar-refractivity contribution is 0.0943. The summed E-state index contributed by atoms with van der Waals surface area (Å²) in [6.45, 7) is 1.39. The van der Waals surface area contributed by atoms with E-state index < -0.39 is 0 Å². The zero-order chi connectivity index (χ0) is 23.8. The average molecular weight is 560 g/mol. The number of aromatic nitrogens is 2. The zero-order valence-corrected chi connectivity index (χ0v) is 21.6. The van der Waals surface area contributed by atoms with Gasteiger partial charge in [0.2, 0.25) is 0 Å². The lowest BCUT2D eigenvalue weighted by atomic mass is 9.82. The Morgan fingerprint density at radius 2 is 1.88 bits per heavy atom. The summed E-state index contributed by atoms with van der Waals surface area (Å²) in [5.41, 5.74) is 9.49. The number of aromatic amines is 1. The molecule has 0 aliphatic heterocycles. The van der Waals surface area contributed by atoms with Crippen LogP contribution in [0.2, 0.25) is 10.0 Å². The second-order valence-electron chi connectivity index (χ2n) is 9.06. The Morgan fingerprint density at radius 3 is 2.65 bits per heavy atom. The molecule has 1 fully saturated rings. The van der Waals surface area contributed by atoms with E-state index in [1.165, 1.54) is 0 Å². The molecule has 176 valence electrons. The van der Waals surface area contributed by atoms with E-state index in [0.717, 1.165) is 53.2 Å². The first-order chi connectivity index (χ1) is 16.4. The Kier molecular flexibility index (Phi) is 6.85. The Morgan fingerprint density at radius 1 is 1.12 bits per heavy atom. The number of halogens is 3. The van der Waals surface area contributed by atoms with Crippen LogP contribution >= 0.6 is 39.1 Å². The van der Waals surface area contributed by atoms with Gasteiger partial charge in [0.05, 0.1) is 21.8 Å². The van der Waals surface area contributed by atoms with Crippen LogP contribution in [-0.2, 0) is 0 Å². The van der Waals surface area contributed by atoms with Crippen LogP contribution in [-0.4, -0.2) is 29.0 Å². The van der Waals surface area contributed by atoms with Gasteiger partial charge in [-0.1, -0.05) is 39.1 Å². The highest BCUT2D eigenvalue weighted by molar-refractivity contribution is 9.10. The largest absolute Gasteiger partial charge is 0.360 e. The number of hydrogen-bond acceptors (Lipinski definition) is 3. The van der Waals surface area contributed by atoms with E-state index in [4.69, 9.17) is 33.9 Å². The highest BCUT2D eigenvalue weighted by Crippen LogP contribution is 2.35. The molecule has 34 heavy (non-hydrogen) atoms. The number of fused-ring (bicyclic) bond motifs is 2. The Balaban J connectivity index is 1.52. The minimum atomic E-state index is -0.153. The summed E-state index contributed by atoms with van der Waals surface area (Å²) in [5.74, 6) is 0.925. The van der Waals surface area contributed by atoms with E-state index in [9.17, 15) is 4.79 Å². The summed E-state index contributed by atoms with van der Waals surface area (Å²) in [4.78, 5) is 21.6. The van der Waals surface area contributed by atoms with Gasteiger partial charge >= 0.3 is 0 Å². The maximum absolute atomic E-state index is 13.4. The van der Waals surface area contributed by atoms with Gasteiger partial charge < -0.3 is 16.0 Å². The fourth-order valence-electron chi connectivity index (χ4n) is 4.91. The van der Waals surface area contributed by atoms with E-state index in [2.05, 4.69) is 26.2 Å². The van der Waals surface area contributed by atoms with E-state index in [1.807, 2.05) is 30.5 Å². The number of carbonyl (C=O) groups is 1. The van der Waals surface area contributed by atoms with Crippen molar-refractivity contribution in [1.82, 2.24) is 15.3 Å². The minimum absolute atomic E-state index is 0.153. The molecule has 0 spiro atoms. The Labute approximate surface area is 216 Å². The summed E-state index contributed by atoms with van der Waals surface area (Å²) >= 11 is 16.4. The predicted molar refractivity (Wildman–Crippen MR) is 144 cm³/mol. The molecule has 1 aliphatic carbocycles. The van der Waals surface area contributed by atoms with Crippen LogP contribution in [0.25, 0.3) is 33.1 Å². The fourth-order valence-corrected chi connectivity index (χ4v) is 5.86. The van der Waals surface area contributed by atoms with Gasteiger partial charge in [0.1, 0.15) is 0 Å². The third kappa shape index (κ3) is 4.69. The van der Waals surface area contributed by atoms with Gasteiger partial charge in [-0.05, 0) is 80.5 Å². The molecule has 0 unspecified atom stereocenters. The molecule has 5 nitrogen and oxygen atoms in total. The van der Waals surface area contributed by atoms with Crippen LogP contribution in [0, 0.1) is 11.8 Å². The minimum Gasteiger partial charge on any atom is -0.360 e. The maximum Gasteiger partial charge on any atom is 0.252 e. The Hall–Kier alpha value is -2.12. The SMILES string of the molecule is NCC1CCC(CNC(=O)c2cc(-c3c[nH]c4ccc(Br)cc34)nc3cc(Cl)cc(Cl)c23)CC1. The number of H-pyrrole nitrogens is 1. The van der Waals surface area contributed by atoms with E-state index >= 15 is 0 Å². The van der Waals surface area contributed by atoms with Crippen LogP contribution in [0.1, 0.15) is 36.0 Å². The van der Waals surface area contributed by atoms with Crippen LogP contribution in [0.5, 0.6) is 0 Å². The van der Waals surface area contributed by atoms with Crippen LogP contribution < -0.4 is 11.1 Å². The first kappa shape index (κ1) is 23.6. The van der Waals surface area contributed by atoms with Crippen molar-refractivity contribution in [2.75, 3.05) is 13.1 Å². The van der Waals surface area contributed by atoms with Gasteiger partial charge in [-0.2, -0.15) is 0 Å². The molecular weight excluding hydrogens is 535 g/mol. The van der Waals surface area contributed by atoms with Crippen molar-refractivity contribution in [1.29, 1.82) is 0 Å². The molecular formula is C26H25BrCl2N4O. The number of pyridine rings is 1. The second-order valence-corrected chi connectivity index (χ2v) is 10.8. The quantitative estimate of drug-likeness (QED) is 0.247. The number of nitrogens with one attached hydrogen (secondary N) is 2. The number of nitrogens with zero attached hydrogens (tertiary/aromatic N) is 1. The third-order valence-electron chi connectivity index (χ3n) is 6.84. The molecule has 4 aromatic rings. The molecule has 1 amide bonds. The third-order valence-corrected chi connectivity index (χ3v) is 7.85. The topological polar surface area (TPSA) is 83.8 Å². The molecule has 8 heteroatoms. The smallest absolute Gasteiger partial charge is 0.252 e. The van der Waals surface area contributed by atoms with E-state index in [0.29, 0.717) is 50.6 Å². The summed E-state index contributed by atoms with van der Waals surface area (Å²) in [7, 11) is 0. The molecule has 0 saturated heterocycles. The predicted octanol–water partition coefficient (Wildman–Crippen LogP) is 6.95. The van der Waals surface area contributed by atoms with Crippen LogP contribution in [0.15, 0.2) is 47.1 Å². The monoisotopic (exact) mass is 558 g/mol. The standard InChI is InChI=1S/C26H25BrCl2N4O/c27-16-5-6-22-18(7-16)20(13-31-22)23-10-19(25-21(29)8-17(28)9-24(25)33-23)26(34)32-12-15-3-1-14(11-30)2-4-15/h5-10,13-15,31H,1-4,11-12,30H2,(H,32,34). The van der Waals surface area contributed by atoms with Crippen molar-refractivity contribution >= 4 is 66.8 Å². The van der Waals surface area contributed by atoms with Gasteiger partial charge in [-0.15, -0.1) is 0 Å². The molecule has 1 saturated carbocycles. The fraction of sp³-hybridized carbons (Fsp3) is 0.308. The second kappa shape index (κ2) is 9.86. The molecule has 0 radical (unpaired) electrons. The van der Waals surface area contributed by atoms with Crippen molar-refractivity contribution in [2.45, 2.75) is 25.7 Å². The van der Waals surface area contributed by atoms with Crippen molar-refractivity contribution in [3.63, 3.8) is 0 Å². The molecule has 2 aromatic heterocycles. The average Bonchev–Trinajstić information content (AvgIpc) is 3.25. The van der Waals surface area contributed by atoms with E-state index in [-0.39, 0.29) is 5.91 Å². The Bertz CT molecular complexity index is 1380. The van der Waals surface area contributed by atoms with Gasteiger partial charge in [0.15, 0.2) is 0 Å². The van der Waals surface area contributed by atoms with Gasteiger partial charge in [0, 0.05) is 44.1 Å². The van der Waals surface area contributed by atoms with E-state index in [1.54, 1.807) is 12.1 Å². The first-order valence-corrected chi connectivity index (χ1v) is 13.0. The summed E-state index contributed by atoms with van der Waals surface area (Å²) < 4.78 is 0.968. The van der Waals surface area contributed by atoms with Crippen molar-refractivity contribution in [3.05, 3.63) is 62.7 Å². The number of hydrogen-bond donors (Lipinski definition) is 3. The number of rotatable bonds is 5. The number of carbonyl (C=O) groups excluding carboxylic acids is 1. The molecule has 2 aromatic carbocycles. The highest BCUT2D eigenvalue weighted by Gasteiger charge is 2.23. The summed E-state index contributed by atoms with van der Waals surface area (Å²) in [6, 6.07) is 11.3. The first-order valence-electron chi connectivity index (χ1n) is 11.5. The highest BCUT2D eigenvalue weighted by atomic mass is 79.9. The summed E-state index contributed by atoms with van der Waals surface area (Å²) in [6.07, 6.45) is 6.34. The number of nitrogens with two attached hydrogens (primary N) is 1. The zero-order valence-electron chi connectivity index (χ0n) is 18.5. The van der Waals surface area contributed by atoms with Gasteiger partial charge in [-0.3, -0.25) is 4.79 Å². The molecule has 1 aliphatic rings. The molecule has 0 bridgehead atoms. The molecule has 4 N–H and O–H groups in total. The molecule has 2 heterocycles. The summed E-state index contributed by atoms with van der Waals surface area (Å²) in [5, 5.41) is 5.66. The van der Waals surface area contributed by atoms with Crippen LogP contribution in [0.4, 0.5) is 0 Å². The lowest BCUT2D eigenvalue weighted by Gasteiger charge is -2.27. The van der Waals surface area contributed by atoms with Crippen molar-refractivity contribution in [3.8, 4) is 11.3 Å². The molecule has 0 atom stereocenters. The molecule has 5 rings (SSSR count). The van der Waals surface area contributed by atoms with Crippen molar-refractivity contribution in [2.24, 2.45) is 17.6 Å². The normalized spacial score (nSPS) is 18.5.